The molecule has 0 saturated carbocycles. The summed E-state index contributed by atoms with van der Waals surface area (Å²) < 4.78 is 0. The number of pyridine rings is 1. The predicted molar refractivity (Wildman–Crippen MR) is 268 cm³/mol. The topological polar surface area (TPSA) is 38.7 Å². The minimum Gasteiger partial charge on any atom is -0.247 e. The van der Waals surface area contributed by atoms with Crippen molar-refractivity contribution in [1.82, 2.24) is 15.0 Å². The van der Waals surface area contributed by atoms with E-state index in [-0.39, 0.29) is 0 Å². The van der Waals surface area contributed by atoms with Crippen LogP contribution in [0.4, 0.5) is 0 Å². The highest BCUT2D eigenvalue weighted by molar-refractivity contribution is 6.23. The van der Waals surface area contributed by atoms with E-state index in [4.69, 9.17) is 15.0 Å². The average molecular weight is 814 g/mol. The zero-order valence-corrected chi connectivity index (χ0v) is 34.9. The third-order valence-electron chi connectivity index (χ3n) is 12.5. The van der Waals surface area contributed by atoms with Crippen LogP contribution < -0.4 is 0 Å². The molecule has 12 aromatic rings. The second kappa shape index (κ2) is 15.7. The number of rotatable bonds is 7. The van der Waals surface area contributed by atoms with Crippen LogP contribution in [0, 0.1) is 0 Å². The summed E-state index contributed by atoms with van der Waals surface area (Å²) in [4.78, 5) is 15.9. The highest BCUT2D eigenvalue weighted by Crippen LogP contribution is 2.40. The average Bonchev–Trinajstić information content (AvgIpc) is 3.38. The maximum absolute atomic E-state index is 5.43. The van der Waals surface area contributed by atoms with Crippen molar-refractivity contribution in [1.29, 1.82) is 0 Å². The van der Waals surface area contributed by atoms with Crippen molar-refractivity contribution >= 4 is 43.2 Å². The maximum Gasteiger partial charge on any atom is 0.160 e. The van der Waals surface area contributed by atoms with Gasteiger partial charge >= 0.3 is 0 Å². The summed E-state index contributed by atoms with van der Waals surface area (Å²) in [7, 11) is 0. The van der Waals surface area contributed by atoms with E-state index in [1.165, 1.54) is 38.1 Å². The Bertz CT molecular complexity index is 3600. The molecule has 0 bridgehead atoms. The Hall–Kier alpha value is -8.53. The second-order valence-corrected chi connectivity index (χ2v) is 16.4. The highest BCUT2D eigenvalue weighted by atomic mass is 14.9. The van der Waals surface area contributed by atoms with Gasteiger partial charge in [0.2, 0.25) is 0 Å². The van der Waals surface area contributed by atoms with Crippen molar-refractivity contribution in [2.45, 2.75) is 0 Å². The number of benzene rings is 10. The standard InChI is InChI=1S/C61H39N3/c1-3-14-40(15-4-1)46-21-11-23-49(36-46)58-39-57(63-61(64-58)50-24-12-22-47(37-50)41-16-5-2-6-17-41)44-28-30-45(31-29-44)60-54-34-32-43-19-8-10-26-53(43)59(54)55-38-48(33-35-56(55)62-60)52-27-13-20-42-18-7-9-25-51(42)52/h1-39H. The molecule has 0 spiro atoms. The van der Waals surface area contributed by atoms with Crippen LogP contribution in [0.1, 0.15) is 0 Å². The van der Waals surface area contributed by atoms with Gasteiger partial charge in [-0.3, -0.25) is 0 Å². The van der Waals surface area contributed by atoms with Crippen molar-refractivity contribution in [3.8, 4) is 78.5 Å². The van der Waals surface area contributed by atoms with Gasteiger partial charge in [-0.05, 0) is 85.3 Å². The molecule has 0 aliphatic rings. The summed E-state index contributed by atoms with van der Waals surface area (Å²) in [6.07, 6.45) is 0. The zero-order chi connectivity index (χ0) is 42.4. The first-order valence-corrected chi connectivity index (χ1v) is 21.8. The molecule has 3 nitrogen and oxygen atoms in total. The molecule has 3 heteroatoms. The summed E-state index contributed by atoms with van der Waals surface area (Å²) in [6.45, 7) is 0. The molecular formula is C61H39N3. The Balaban J connectivity index is 0.992. The Labute approximate surface area is 371 Å². The lowest BCUT2D eigenvalue weighted by Crippen LogP contribution is -1.97. The number of nitrogens with zero attached hydrogens (tertiary/aromatic N) is 3. The normalized spacial score (nSPS) is 11.4. The van der Waals surface area contributed by atoms with Gasteiger partial charge in [-0.2, -0.15) is 0 Å². The number of hydrogen-bond acceptors (Lipinski definition) is 3. The Morgan fingerprint density at radius 3 is 1.52 bits per heavy atom. The summed E-state index contributed by atoms with van der Waals surface area (Å²) >= 11 is 0. The van der Waals surface area contributed by atoms with Crippen molar-refractivity contribution in [3.63, 3.8) is 0 Å². The molecule has 0 saturated heterocycles. The van der Waals surface area contributed by atoms with Crippen LogP contribution in [-0.2, 0) is 0 Å². The van der Waals surface area contributed by atoms with E-state index in [0.29, 0.717) is 5.82 Å². The van der Waals surface area contributed by atoms with Crippen LogP contribution >= 0.6 is 0 Å². The van der Waals surface area contributed by atoms with E-state index >= 15 is 0 Å². The summed E-state index contributed by atoms with van der Waals surface area (Å²) in [6, 6.07) is 84.0. The first kappa shape index (κ1) is 37.2. The van der Waals surface area contributed by atoms with E-state index < -0.39 is 0 Å². The second-order valence-electron chi connectivity index (χ2n) is 16.4. The van der Waals surface area contributed by atoms with E-state index in [2.05, 4.69) is 231 Å². The Morgan fingerprint density at radius 2 is 0.781 bits per heavy atom. The Kier molecular flexibility index (Phi) is 9.16. The van der Waals surface area contributed by atoms with Gasteiger partial charge in [0.05, 0.1) is 22.6 Å². The van der Waals surface area contributed by atoms with Gasteiger partial charge in [0, 0.05) is 38.4 Å². The molecule has 64 heavy (non-hydrogen) atoms. The fourth-order valence-electron chi connectivity index (χ4n) is 9.27. The van der Waals surface area contributed by atoms with Gasteiger partial charge in [-0.15, -0.1) is 0 Å². The lowest BCUT2D eigenvalue weighted by Gasteiger charge is -2.15. The molecule has 0 atom stereocenters. The fourth-order valence-corrected chi connectivity index (χ4v) is 9.27. The molecule has 0 amide bonds. The quantitative estimate of drug-likeness (QED) is 0.150. The van der Waals surface area contributed by atoms with E-state index in [1.54, 1.807) is 0 Å². The number of fused-ring (bicyclic) bond motifs is 6. The van der Waals surface area contributed by atoms with Crippen LogP contribution in [0.3, 0.4) is 0 Å². The van der Waals surface area contributed by atoms with Crippen molar-refractivity contribution < 1.29 is 0 Å². The maximum atomic E-state index is 5.43. The molecule has 0 aliphatic carbocycles. The molecule has 10 aromatic carbocycles. The number of hydrogen-bond donors (Lipinski definition) is 0. The fraction of sp³-hybridized carbons (Fsp3) is 0. The summed E-state index contributed by atoms with van der Waals surface area (Å²) in [5.41, 5.74) is 14.7. The van der Waals surface area contributed by atoms with Crippen LogP contribution in [0.5, 0.6) is 0 Å². The van der Waals surface area contributed by atoms with Crippen LogP contribution in [0.25, 0.3) is 122 Å². The molecule has 0 fully saturated rings. The SMILES string of the molecule is c1ccc(-c2cccc(-c3cc(-c4ccc(-c5nc6ccc(-c7cccc8ccccc78)cc6c6c5ccc5ccccc56)cc4)nc(-c4cccc(-c5ccccc5)c4)n3)c2)cc1. The van der Waals surface area contributed by atoms with Crippen LogP contribution in [0.2, 0.25) is 0 Å². The van der Waals surface area contributed by atoms with Crippen molar-refractivity contribution in [2.75, 3.05) is 0 Å². The van der Waals surface area contributed by atoms with E-state index in [9.17, 15) is 0 Å². The highest BCUT2D eigenvalue weighted by Gasteiger charge is 2.17. The monoisotopic (exact) mass is 813 g/mol. The van der Waals surface area contributed by atoms with Crippen molar-refractivity contribution in [2.24, 2.45) is 0 Å². The minimum absolute atomic E-state index is 0.677. The lowest BCUT2D eigenvalue weighted by atomic mass is 9.92. The third-order valence-corrected chi connectivity index (χ3v) is 12.5. The lowest BCUT2D eigenvalue weighted by molar-refractivity contribution is 1.18. The van der Waals surface area contributed by atoms with Crippen LogP contribution in [0.15, 0.2) is 237 Å². The molecule has 0 radical (unpaired) electrons. The minimum atomic E-state index is 0.677. The largest absolute Gasteiger partial charge is 0.247 e. The molecule has 298 valence electrons. The van der Waals surface area contributed by atoms with Gasteiger partial charge < -0.3 is 0 Å². The summed E-state index contributed by atoms with van der Waals surface area (Å²) in [5.74, 6) is 0.677. The van der Waals surface area contributed by atoms with Gasteiger partial charge in [0.25, 0.3) is 0 Å². The molecule has 12 rings (SSSR count). The molecule has 2 aromatic heterocycles. The first-order valence-electron chi connectivity index (χ1n) is 21.8. The van der Waals surface area contributed by atoms with Gasteiger partial charge in [-0.25, -0.2) is 15.0 Å². The van der Waals surface area contributed by atoms with Crippen molar-refractivity contribution in [3.05, 3.63) is 237 Å². The van der Waals surface area contributed by atoms with E-state index in [1.807, 2.05) is 6.07 Å². The van der Waals surface area contributed by atoms with E-state index in [0.717, 1.165) is 77.9 Å². The van der Waals surface area contributed by atoms with Gasteiger partial charge in [0.15, 0.2) is 5.82 Å². The zero-order valence-electron chi connectivity index (χ0n) is 34.9. The van der Waals surface area contributed by atoms with Gasteiger partial charge in [0.1, 0.15) is 0 Å². The number of aromatic nitrogens is 3. The molecule has 0 aliphatic heterocycles. The molecule has 2 heterocycles. The first-order chi connectivity index (χ1) is 31.7. The molecule has 0 N–H and O–H groups in total. The molecular weight excluding hydrogens is 775 g/mol. The van der Waals surface area contributed by atoms with Crippen LogP contribution in [-0.4, -0.2) is 15.0 Å². The predicted octanol–water partition coefficient (Wildman–Crippen LogP) is 16.2. The molecule has 0 unspecified atom stereocenters. The van der Waals surface area contributed by atoms with Gasteiger partial charge in [-0.1, -0.05) is 206 Å². The Morgan fingerprint density at radius 1 is 0.250 bits per heavy atom. The smallest absolute Gasteiger partial charge is 0.160 e. The third kappa shape index (κ3) is 6.77. The summed E-state index contributed by atoms with van der Waals surface area (Å²) in [5, 5.41) is 8.38.